The van der Waals surface area contributed by atoms with Crippen molar-refractivity contribution in [3.05, 3.63) is 48.0 Å². The second kappa shape index (κ2) is 11.4. The lowest BCUT2D eigenvalue weighted by Gasteiger charge is -2.16. The molecule has 0 unspecified atom stereocenters. The highest BCUT2D eigenvalue weighted by atomic mass is 19.4. The van der Waals surface area contributed by atoms with E-state index in [1.807, 2.05) is 6.08 Å². The number of amides is 1. The van der Waals surface area contributed by atoms with Gasteiger partial charge in [0.2, 0.25) is 5.91 Å². The number of methoxy groups -OCH3 is 1. The smallest absolute Gasteiger partial charge is 0.416 e. The molecule has 0 radical (unpaired) electrons. The maximum atomic E-state index is 12.6. The van der Waals surface area contributed by atoms with Gasteiger partial charge in [-0.1, -0.05) is 37.5 Å². The van der Waals surface area contributed by atoms with E-state index < -0.39 is 29.7 Å². The molecule has 7 heteroatoms. The Morgan fingerprint density at radius 1 is 1.15 bits per heavy atom. The Morgan fingerprint density at radius 3 is 2.33 bits per heavy atom. The first-order chi connectivity index (χ1) is 12.8. The van der Waals surface area contributed by atoms with Crippen molar-refractivity contribution in [2.75, 3.05) is 7.11 Å². The second-order valence-corrected chi connectivity index (χ2v) is 6.29. The number of halogens is 3. The quantitative estimate of drug-likeness (QED) is 0.348. The average Bonchev–Trinajstić information content (AvgIpc) is 2.62. The Hall–Kier alpha value is -2.31. The van der Waals surface area contributed by atoms with E-state index in [9.17, 15) is 22.8 Å². The maximum absolute atomic E-state index is 12.6. The summed E-state index contributed by atoms with van der Waals surface area (Å²) in [5, 5.41) is 2.61. The molecule has 1 rings (SSSR count). The highest BCUT2D eigenvalue weighted by molar-refractivity contribution is 5.85. The Kier molecular flexibility index (Phi) is 9.61. The fraction of sp³-hybridized carbons (Fsp3) is 0.500. The number of ether oxygens (including phenoxy) is 1. The summed E-state index contributed by atoms with van der Waals surface area (Å²) in [7, 11) is 1.25. The maximum Gasteiger partial charge on any atom is 0.416 e. The summed E-state index contributed by atoms with van der Waals surface area (Å²) in [5.74, 6) is -0.960. The van der Waals surface area contributed by atoms with Gasteiger partial charge in [-0.15, -0.1) is 6.58 Å². The molecular formula is C20H26F3NO3. The minimum atomic E-state index is -4.41. The fourth-order valence-electron chi connectivity index (χ4n) is 2.62. The summed E-state index contributed by atoms with van der Waals surface area (Å²) >= 11 is 0. The average molecular weight is 385 g/mol. The van der Waals surface area contributed by atoms with Crippen LogP contribution in [0.15, 0.2) is 36.9 Å². The van der Waals surface area contributed by atoms with Crippen molar-refractivity contribution in [3.63, 3.8) is 0 Å². The van der Waals surface area contributed by atoms with E-state index in [0.29, 0.717) is 12.0 Å². The van der Waals surface area contributed by atoms with Crippen molar-refractivity contribution in [2.24, 2.45) is 0 Å². The van der Waals surface area contributed by atoms with E-state index in [-0.39, 0.29) is 6.42 Å². The lowest BCUT2D eigenvalue weighted by molar-refractivity contribution is -0.145. The fourth-order valence-corrected chi connectivity index (χ4v) is 2.62. The third kappa shape index (κ3) is 8.75. The van der Waals surface area contributed by atoms with Gasteiger partial charge in [0, 0.05) is 0 Å². The van der Waals surface area contributed by atoms with Gasteiger partial charge in [0.25, 0.3) is 0 Å². The molecule has 0 aromatic heterocycles. The molecule has 4 nitrogen and oxygen atoms in total. The molecule has 0 fully saturated rings. The number of carbonyl (C=O) groups is 2. The molecule has 1 amide bonds. The molecule has 1 atom stereocenters. The van der Waals surface area contributed by atoms with Crippen LogP contribution in [0.5, 0.6) is 0 Å². The third-order valence-electron chi connectivity index (χ3n) is 4.12. The topological polar surface area (TPSA) is 55.4 Å². The van der Waals surface area contributed by atoms with E-state index >= 15 is 0 Å². The van der Waals surface area contributed by atoms with Gasteiger partial charge >= 0.3 is 12.1 Å². The van der Waals surface area contributed by atoms with E-state index in [2.05, 4.69) is 11.9 Å². The van der Waals surface area contributed by atoms with Crippen molar-refractivity contribution in [1.29, 1.82) is 0 Å². The van der Waals surface area contributed by atoms with Crippen molar-refractivity contribution in [1.82, 2.24) is 5.32 Å². The van der Waals surface area contributed by atoms with E-state index in [0.717, 1.165) is 44.2 Å². The zero-order chi connectivity index (χ0) is 20.3. The molecule has 0 saturated carbocycles. The normalized spacial score (nSPS) is 12.3. The third-order valence-corrected chi connectivity index (χ3v) is 4.12. The van der Waals surface area contributed by atoms with E-state index in [1.54, 1.807) is 0 Å². The standard InChI is InChI=1S/C20H26F3NO3/c1-3-4-5-6-7-8-9-17(19(26)27-2)24-18(25)14-15-10-12-16(13-11-15)20(21,22)23/h3,10-13,17H,1,4-9,14H2,2H3,(H,24,25)/t17-/m0/s1. The Balaban J connectivity index is 2.53. The van der Waals surface area contributed by atoms with Crippen LogP contribution in [0.2, 0.25) is 0 Å². The van der Waals surface area contributed by atoms with Gasteiger partial charge in [0.1, 0.15) is 6.04 Å². The monoisotopic (exact) mass is 385 g/mol. The molecule has 150 valence electrons. The van der Waals surface area contributed by atoms with E-state index in [1.165, 1.54) is 19.2 Å². The number of hydrogen-bond donors (Lipinski definition) is 1. The molecule has 0 aliphatic heterocycles. The first kappa shape index (κ1) is 22.7. The Bertz CT molecular complexity index is 612. The molecule has 0 aliphatic rings. The summed E-state index contributed by atoms with van der Waals surface area (Å²) in [6.07, 6.45) is 2.48. The molecule has 0 heterocycles. The van der Waals surface area contributed by atoms with Crippen LogP contribution in [0.4, 0.5) is 13.2 Å². The molecule has 27 heavy (non-hydrogen) atoms. The second-order valence-electron chi connectivity index (χ2n) is 6.29. The van der Waals surface area contributed by atoms with Gasteiger partial charge in [-0.3, -0.25) is 4.79 Å². The number of unbranched alkanes of at least 4 members (excludes halogenated alkanes) is 4. The van der Waals surface area contributed by atoms with Gasteiger partial charge in [-0.2, -0.15) is 13.2 Å². The molecule has 0 bridgehead atoms. The number of alkyl halides is 3. The molecule has 0 saturated heterocycles. The van der Waals surface area contributed by atoms with E-state index in [4.69, 9.17) is 4.74 Å². The number of rotatable bonds is 11. The lowest BCUT2D eigenvalue weighted by atomic mass is 10.0. The minimum Gasteiger partial charge on any atom is -0.467 e. The van der Waals surface area contributed by atoms with Gasteiger partial charge in [0.05, 0.1) is 19.1 Å². The van der Waals surface area contributed by atoms with Gasteiger partial charge in [-0.25, -0.2) is 4.79 Å². The summed E-state index contributed by atoms with van der Waals surface area (Å²) in [4.78, 5) is 24.0. The lowest BCUT2D eigenvalue weighted by Crippen LogP contribution is -2.42. The van der Waals surface area contributed by atoms with Crippen LogP contribution in [0.25, 0.3) is 0 Å². The van der Waals surface area contributed by atoms with Gasteiger partial charge in [-0.05, 0) is 37.0 Å². The number of carbonyl (C=O) groups excluding carboxylic acids is 2. The first-order valence-corrected chi connectivity index (χ1v) is 8.92. The highest BCUT2D eigenvalue weighted by Gasteiger charge is 2.30. The van der Waals surface area contributed by atoms with Gasteiger partial charge in [0.15, 0.2) is 0 Å². The largest absolute Gasteiger partial charge is 0.467 e. The van der Waals surface area contributed by atoms with Crippen LogP contribution in [-0.2, 0) is 26.9 Å². The van der Waals surface area contributed by atoms with Crippen molar-refractivity contribution in [2.45, 2.75) is 57.2 Å². The number of esters is 1. The summed E-state index contributed by atoms with van der Waals surface area (Å²) in [6, 6.07) is 3.63. The number of nitrogens with one attached hydrogen (secondary N) is 1. The predicted molar refractivity (Wildman–Crippen MR) is 97.0 cm³/mol. The molecular weight excluding hydrogens is 359 g/mol. The zero-order valence-corrected chi connectivity index (χ0v) is 15.5. The Morgan fingerprint density at radius 2 is 1.78 bits per heavy atom. The highest BCUT2D eigenvalue weighted by Crippen LogP contribution is 2.29. The van der Waals surface area contributed by atoms with Crippen LogP contribution in [0, 0.1) is 0 Å². The summed E-state index contributed by atoms with van der Waals surface area (Å²) in [6.45, 7) is 3.66. The van der Waals surface area contributed by atoms with Gasteiger partial charge < -0.3 is 10.1 Å². The first-order valence-electron chi connectivity index (χ1n) is 8.92. The zero-order valence-electron chi connectivity index (χ0n) is 15.5. The van der Waals surface area contributed by atoms with Crippen LogP contribution in [0.3, 0.4) is 0 Å². The molecule has 1 N–H and O–H groups in total. The molecule has 1 aromatic rings. The van der Waals surface area contributed by atoms with Crippen molar-refractivity contribution < 1.29 is 27.5 Å². The SMILES string of the molecule is C=CCCCCCC[C@H](NC(=O)Cc1ccc(C(F)(F)F)cc1)C(=O)OC. The molecule has 1 aromatic carbocycles. The van der Waals surface area contributed by atoms with Crippen LogP contribution in [-0.4, -0.2) is 25.0 Å². The minimum absolute atomic E-state index is 0.106. The number of benzene rings is 1. The van der Waals surface area contributed by atoms with Crippen LogP contribution >= 0.6 is 0 Å². The van der Waals surface area contributed by atoms with Crippen LogP contribution in [0.1, 0.15) is 49.7 Å². The van der Waals surface area contributed by atoms with Crippen LogP contribution < -0.4 is 5.32 Å². The Labute approximate surface area is 157 Å². The van der Waals surface area contributed by atoms with Crippen molar-refractivity contribution in [3.8, 4) is 0 Å². The number of allylic oxidation sites excluding steroid dienone is 1. The van der Waals surface area contributed by atoms with Crippen molar-refractivity contribution >= 4 is 11.9 Å². The summed E-state index contributed by atoms with van der Waals surface area (Å²) < 4.78 is 42.4. The summed E-state index contributed by atoms with van der Waals surface area (Å²) in [5.41, 5.74) is -0.330. The molecule has 0 aliphatic carbocycles. The predicted octanol–water partition coefficient (Wildman–Crippen LogP) is 4.43. The number of hydrogen-bond acceptors (Lipinski definition) is 3. The molecule has 0 spiro atoms.